The van der Waals surface area contributed by atoms with Crippen LogP contribution >= 0.6 is 0 Å². The topological polar surface area (TPSA) is 62.4 Å². The van der Waals surface area contributed by atoms with Gasteiger partial charge in [-0.05, 0) is 48.5 Å². The smallest absolute Gasteiger partial charge is 0.319 e. The molecule has 0 radical (unpaired) electrons. The Bertz CT molecular complexity index is 806. The van der Waals surface area contributed by atoms with E-state index in [0.29, 0.717) is 13.2 Å². The number of para-hydroxylation sites is 2. The first kappa shape index (κ1) is 17.4. The highest BCUT2D eigenvalue weighted by Gasteiger charge is 2.02. The van der Waals surface area contributed by atoms with Gasteiger partial charge in [0.25, 0.3) is 0 Å². The van der Waals surface area contributed by atoms with Gasteiger partial charge >= 0.3 is 6.03 Å². The molecule has 5 heteroatoms. The van der Waals surface area contributed by atoms with Crippen molar-refractivity contribution in [3.8, 4) is 5.75 Å². The highest BCUT2D eigenvalue weighted by atomic mass is 16.5. The molecule has 0 spiro atoms. The molecule has 5 nitrogen and oxygen atoms in total. The lowest BCUT2D eigenvalue weighted by atomic mass is 10.2. The molecule has 0 aromatic heterocycles. The summed E-state index contributed by atoms with van der Waals surface area (Å²) in [4.78, 5) is 11.9. The van der Waals surface area contributed by atoms with Crippen LogP contribution in [0, 0.1) is 0 Å². The van der Waals surface area contributed by atoms with E-state index in [1.807, 2.05) is 84.9 Å². The van der Waals surface area contributed by atoms with Gasteiger partial charge in [0.2, 0.25) is 0 Å². The van der Waals surface area contributed by atoms with Crippen LogP contribution in [0.5, 0.6) is 5.75 Å². The summed E-state index contributed by atoms with van der Waals surface area (Å²) >= 11 is 0. The maximum absolute atomic E-state index is 11.9. The molecule has 0 aliphatic rings. The van der Waals surface area contributed by atoms with Gasteiger partial charge in [0.15, 0.2) is 0 Å². The number of urea groups is 1. The molecule has 3 rings (SSSR count). The van der Waals surface area contributed by atoms with Gasteiger partial charge in [-0.3, -0.25) is 0 Å². The number of rotatable bonds is 7. The second-order valence-corrected chi connectivity index (χ2v) is 5.61. The van der Waals surface area contributed by atoms with Crippen LogP contribution in [0.1, 0.15) is 0 Å². The van der Waals surface area contributed by atoms with Gasteiger partial charge in [0, 0.05) is 17.1 Å². The Morgan fingerprint density at radius 2 is 1.31 bits per heavy atom. The van der Waals surface area contributed by atoms with Crippen LogP contribution in [0.15, 0.2) is 84.9 Å². The van der Waals surface area contributed by atoms with E-state index in [4.69, 9.17) is 4.74 Å². The van der Waals surface area contributed by atoms with Crippen molar-refractivity contribution in [1.82, 2.24) is 5.32 Å². The maximum Gasteiger partial charge on any atom is 0.319 e. The summed E-state index contributed by atoms with van der Waals surface area (Å²) in [5, 5.41) is 8.86. The number of amides is 2. The third-order valence-corrected chi connectivity index (χ3v) is 3.60. The Morgan fingerprint density at radius 3 is 2.00 bits per heavy atom. The SMILES string of the molecule is O=C(NCCOc1ccccc1)Nc1ccc(Nc2ccccc2)cc1. The van der Waals surface area contributed by atoms with E-state index >= 15 is 0 Å². The first-order valence-corrected chi connectivity index (χ1v) is 8.44. The van der Waals surface area contributed by atoms with Gasteiger partial charge in [-0.1, -0.05) is 36.4 Å². The molecule has 132 valence electrons. The van der Waals surface area contributed by atoms with Gasteiger partial charge in [-0.2, -0.15) is 0 Å². The van der Waals surface area contributed by atoms with Crippen molar-refractivity contribution in [2.24, 2.45) is 0 Å². The largest absolute Gasteiger partial charge is 0.492 e. The summed E-state index contributed by atoms with van der Waals surface area (Å²) in [6.07, 6.45) is 0. The first-order valence-electron chi connectivity index (χ1n) is 8.44. The summed E-state index contributed by atoms with van der Waals surface area (Å²) in [6, 6.07) is 26.7. The summed E-state index contributed by atoms with van der Waals surface area (Å²) in [5.41, 5.74) is 2.70. The van der Waals surface area contributed by atoms with Crippen LogP contribution in [0.2, 0.25) is 0 Å². The molecule has 3 N–H and O–H groups in total. The monoisotopic (exact) mass is 347 g/mol. The van der Waals surface area contributed by atoms with Gasteiger partial charge in [-0.25, -0.2) is 4.79 Å². The fraction of sp³-hybridized carbons (Fsp3) is 0.0952. The second kappa shape index (κ2) is 9.13. The second-order valence-electron chi connectivity index (χ2n) is 5.61. The molecule has 3 aromatic carbocycles. The highest BCUT2D eigenvalue weighted by Crippen LogP contribution is 2.18. The van der Waals surface area contributed by atoms with Crippen LogP contribution in [0.4, 0.5) is 21.9 Å². The zero-order valence-electron chi connectivity index (χ0n) is 14.3. The van der Waals surface area contributed by atoms with Gasteiger partial charge < -0.3 is 20.7 Å². The molecule has 0 fully saturated rings. The summed E-state index contributed by atoms with van der Waals surface area (Å²) in [7, 11) is 0. The molecule has 0 bridgehead atoms. The first-order chi connectivity index (χ1) is 12.8. The van der Waals surface area contributed by atoms with Crippen molar-refractivity contribution in [1.29, 1.82) is 0 Å². The van der Waals surface area contributed by atoms with Crippen molar-refractivity contribution < 1.29 is 9.53 Å². The van der Waals surface area contributed by atoms with Crippen molar-refractivity contribution in [2.45, 2.75) is 0 Å². The number of ether oxygens (including phenoxy) is 1. The molecule has 0 saturated heterocycles. The third kappa shape index (κ3) is 5.56. The molecule has 0 aliphatic heterocycles. The number of hydrogen-bond donors (Lipinski definition) is 3. The Kier molecular flexibility index (Phi) is 6.09. The summed E-state index contributed by atoms with van der Waals surface area (Å²) < 4.78 is 5.53. The van der Waals surface area contributed by atoms with Crippen LogP contribution in [0.3, 0.4) is 0 Å². The normalized spacial score (nSPS) is 10.0. The number of benzene rings is 3. The standard InChI is InChI=1S/C21H21N3O2/c25-21(22-15-16-26-20-9-5-2-6-10-20)24-19-13-11-18(12-14-19)23-17-7-3-1-4-8-17/h1-14,23H,15-16H2,(H2,22,24,25). The minimum absolute atomic E-state index is 0.259. The van der Waals surface area contributed by atoms with Crippen molar-refractivity contribution >= 4 is 23.1 Å². The van der Waals surface area contributed by atoms with Crippen molar-refractivity contribution in [3.05, 3.63) is 84.9 Å². The number of carbonyl (C=O) groups excluding carboxylic acids is 1. The fourth-order valence-electron chi connectivity index (χ4n) is 2.35. The van der Waals surface area contributed by atoms with E-state index < -0.39 is 0 Å². The average Bonchev–Trinajstić information content (AvgIpc) is 2.68. The van der Waals surface area contributed by atoms with Crippen LogP contribution in [-0.4, -0.2) is 19.2 Å². The molecular weight excluding hydrogens is 326 g/mol. The van der Waals surface area contributed by atoms with Crippen molar-refractivity contribution in [3.63, 3.8) is 0 Å². The molecule has 0 heterocycles. The van der Waals surface area contributed by atoms with Gasteiger partial charge in [-0.15, -0.1) is 0 Å². The quantitative estimate of drug-likeness (QED) is 0.546. The Balaban J connectivity index is 1.40. The minimum atomic E-state index is -0.259. The lowest BCUT2D eigenvalue weighted by molar-refractivity contribution is 0.247. The summed E-state index contributed by atoms with van der Waals surface area (Å²) in [5.74, 6) is 0.788. The van der Waals surface area contributed by atoms with Gasteiger partial charge in [0.1, 0.15) is 12.4 Å². The van der Waals surface area contributed by atoms with Crippen LogP contribution in [-0.2, 0) is 0 Å². The van der Waals surface area contributed by atoms with E-state index in [1.54, 1.807) is 0 Å². The Morgan fingerprint density at radius 1 is 0.731 bits per heavy atom. The zero-order valence-corrected chi connectivity index (χ0v) is 14.3. The highest BCUT2D eigenvalue weighted by molar-refractivity contribution is 5.89. The Hall–Kier alpha value is -3.47. The van der Waals surface area contributed by atoms with E-state index in [1.165, 1.54) is 0 Å². The molecule has 0 aliphatic carbocycles. The molecule has 2 amide bonds. The van der Waals surface area contributed by atoms with E-state index in [2.05, 4.69) is 16.0 Å². The van der Waals surface area contributed by atoms with Crippen LogP contribution in [0.25, 0.3) is 0 Å². The Labute approximate surface area is 153 Å². The van der Waals surface area contributed by atoms with E-state index in [-0.39, 0.29) is 6.03 Å². The van der Waals surface area contributed by atoms with Gasteiger partial charge in [0.05, 0.1) is 6.54 Å². The number of nitrogens with one attached hydrogen (secondary N) is 3. The summed E-state index contributed by atoms with van der Waals surface area (Å²) in [6.45, 7) is 0.839. The third-order valence-electron chi connectivity index (χ3n) is 3.60. The fourth-order valence-corrected chi connectivity index (χ4v) is 2.35. The van der Waals surface area contributed by atoms with Crippen molar-refractivity contribution in [2.75, 3.05) is 23.8 Å². The minimum Gasteiger partial charge on any atom is -0.492 e. The molecule has 0 unspecified atom stereocenters. The molecule has 0 saturated carbocycles. The number of carbonyl (C=O) groups is 1. The molecule has 26 heavy (non-hydrogen) atoms. The average molecular weight is 347 g/mol. The van der Waals surface area contributed by atoms with E-state index in [9.17, 15) is 4.79 Å². The lowest BCUT2D eigenvalue weighted by Gasteiger charge is -2.10. The molecular formula is C21H21N3O2. The van der Waals surface area contributed by atoms with Crippen LogP contribution < -0.4 is 20.7 Å². The molecule has 3 aromatic rings. The lowest BCUT2D eigenvalue weighted by Crippen LogP contribution is -2.32. The number of hydrogen-bond acceptors (Lipinski definition) is 3. The predicted octanol–water partition coefficient (Wildman–Crippen LogP) is 4.63. The predicted molar refractivity (Wildman–Crippen MR) is 105 cm³/mol. The molecule has 0 atom stereocenters. The zero-order chi connectivity index (χ0) is 18.0. The maximum atomic E-state index is 11.9. The number of anilines is 3. The van der Waals surface area contributed by atoms with E-state index in [0.717, 1.165) is 22.8 Å².